The minimum atomic E-state index is -0.473. The summed E-state index contributed by atoms with van der Waals surface area (Å²) in [6, 6.07) is 9.39. The molecule has 1 unspecified atom stereocenters. The van der Waals surface area contributed by atoms with Gasteiger partial charge in [-0.3, -0.25) is 14.5 Å². The average Bonchev–Trinajstić information content (AvgIpc) is 2.70. The molecular formula is C15H17NO3. The van der Waals surface area contributed by atoms with Crippen LogP contribution in [0.15, 0.2) is 30.3 Å². The molecule has 0 N–H and O–H groups in total. The Kier molecular flexibility index (Phi) is 4.10. The highest BCUT2D eigenvalue weighted by Crippen LogP contribution is 2.28. The van der Waals surface area contributed by atoms with Crippen molar-refractivity contribution in [2.75, 3.05) is 0 Å². The maximum Gasteiger partial charge on any atom is 0.233 e. The number of aldehydes is 1. The van der Waals surface area contributed by atoms with E-state index in [0.29, 0.717) is 13.0 Å². The van der Waals surface area contributed by atoms with Crippen LogP contribution in [0.25, 0.3) is 0 Å². The van der Waals surface area contributed by atoms with Crippen LogP contribution in [0.5, 0.6) is 0 Å². The second-order valence-electron chi connectivity index (χ2n) is 4.82. The highest BCUT2D eigenvalue weighted by atomic mass is 16.2. The van der Waals surface area contributed by atoms with Gasteiger partial charge in [0.2, 0.25) is 11.8 Å². The summed E-state index contributed by atoms with van der Waals surface area (Å²) in [7, 11) is 0. The van der Waals surface area contributed by atoms with E-state index >= 15 is 0 Å². The fourth-order valence-electron chi connectivity index (χ4n) is 2.45. The third-order valence-electron chi connectivity index (χ3n) is 3.63. The molecule has 1 aromatic carbocycles. The maximum absolute atomic E-state index is 12.2. The number of amides is 2. The third-order valence-corrected chi connectivity index (χ3v) is 3.63. The number of imide groups is 1. The molecule has 0 spiro atoms. The van der Waals surface area contributed by atoms with Crippen LogP contribution in [0.4, 0.5) is 0 Å². The van der Waals surface area contributed by atoms with Crippen LogP contribution < -0.4 is 0 Å². The summed E-state index contributed by atoms with van der Waals surface area (Å²) in [6.45, 7) is 2.15. The lowest BCUT2D eigenvalue weighted by Crippen LogP contribution is -2.32. The fraction of sp³-hybridized carbons (Fsp3) is 0.400. The van der Waals surface area contributed by atoms with Crippen molar-refractivity contribution in [2.24, 2.45) is 11.8 Å². The molecule has 2 atom stereocenters. The summed E-state index contributed by atoms with van der Waals surface area (Å²) in [5, 5.41) is 0. The zero-order valence-corrected chi connectivity index (χ0v) is 10.9. The molecular weight excluding hydrogens is 242 g/mol. The molecule has 4 nitrogen and oxygen atoms in total. The van der Waals surface area contributed by atoms with Gasteiger partial charge in [-0.25, -0.2) is 0 Å². The highest BCUT2D eigenvalue weighted by molar-refractivity contribution is 6.04. The Labute approximate surface area is 112 Å². The van der Waals surface area contributed by atoms with Gasteiger partial charge in [-0.15, -0.1) is 0 Å². The van der Waals surface area contributed by atoms with Crippen molar-refractivity contribution >= 4 is 18.1 Å². The van der Waals surface area contributed by atoms with Gasteiger partial charge >= 0.3 is 0 Å². The standard InChI is InChI=1S/C15H17NO3/c1-2-12(10-17)13-8-14(18)16(15(13)19)9-11-6-4-3-5-7-11/h3-7,10,12-13H,2,8-9H2,1H3/t12?,13-/m1/s1. The highest BCUT2D eigenvalue weighted by Gasteiger charge is 2.41. The van der Waals surface area contributed by atoms with E-state index in [-0.39, 0.29) is 24.2 Å². The molecule has 1 aliphatic heterocycles. The van der Waals surface area contributed by atoms with Gasteiger partial charge in [-0.05, 0) is 12.0 Å². The van der Waals surface area contributed by atoms with Crippen molar-refractivity contribution in [3.05, 3.63) is 35.9 Å². The molecule has 1 fully saturated rings. The van der Waals surface area contributed by atoms with Crippen LogP contribution in [-0.4, -0.2) is 23.0 Å². The molecule has 1 aliphatic rings. The number of benzene rings is 1. The minimum absolute atomic E-state index is 0.156. The van der Waals surface area contributed by atoms with Gasteiger partial charge in [-0.2, -0.15) is 0 Å². The predicted octanol–water partition coefficient (Wildman–Crippen LogP) is 1.79. The predicted molar refractivity (Wildman–Crippen MR) is 70.0 cm³/mol. The van der Waals surface area contributed by atoms with Crippen LogP contribution in [0.2, 0.25) is 0 Å². The molecule has 0 radical (unpaired) electrons. The summed E-state index contributed by atoms with van der Waals surface area (Å²) < 4.78 is 0. The van der Waals surface area contributed by atoms with Crippen LogP contribution in [0.1, 0.15) is 25.3 Å². The molecule has 1 saturated heterocycles. The first-order valence-electron chi connectivity index (χ1n) is 6.50. The quantitative estimate of drug-likeness (QED) is 0.598. The average molecular weight is 259 g/mol. The summed E-state index contributed by atoms with van der Waals surface area (Å²) in [4.78, 5) is 36.4. The SMILES string of the molecule is CCC(C=O)[C@H]1CC(=O)N(Cc2ccccc2)C1=O. The Hall–Kier alpha value is -1.97. The van der Waals surface area contributed by atoms with E-state index in [1.807, 2.05) is 37.3 Å². The summed E-state index contributed by atoms with van der Waals surface area (Å²) >= 11 is 0. The molecule has 4 heteroatoms. The molecule has 0 saturated carbocycles. The van der Waals surface area contributed by atoms with Crippen LogP contribution in [-0.2, 0) is 20.9 Å². The second kappa shape index (κ2) is 5.78. The van der Waals surface area contributed by atoms with Gasteiger partial charge < -0.3 is 4.79 Å². The molecule has 0 bridgehead atoms. The van der Waals surface area contributed by atoms with Crippen molar-refractivity contribution in [3.8, 4) is 0 Å². The van der Waals surface area contributed by atoms with Crippen molar-refractivity contribution < 1.29 is 14.4 Å². The van der Waals surface area contributed by atoms with E-state index in [0.717, 1.165) is 11.8 Å². The number of nitrogens with zero attached hydrogens (tertiary/aromatic N) is 1. The molecule has 1 aromatic rings. The minimum Gasteiger partial charge on any atom is -0.303 e. The van der Waals surface area contributed by atoms with E-state index in [1.54, 1.807) is 0 Å². The number of rotatable bonds is 5. The monoisotopic (exact) mass is 259 g/mol. The number of carbonyl (C=O) groups is 3. The number of hydrogen-bond donors (Lipinski definition) is 0. The van der Waals surface area contributed by atoms with Crippen LogP contribution >= 0.6 is 0 Å². The van der Waals surface area contributed by atoms with E-state index in [2.05, 4.69) is 0 Å². The summed E-state index contributed by atoms with van der Waals surface area (Å²) in [6.07, 6.45) is 1.54. The molecule has 0 aromatic heterocycles. The third kappa shape index (κ3) is 2.72. The van der Waals surface area contributed by atoms with Gasteiger partial charge in [0.15, 0.2) is 0 Å². The Bertz CT molecular complexity index is 483. The zero-order chi connectivity index (χ0) is 13.8. The van der Waals surface area contributed by atoms with Crippen molar-refractivity contribution in [1.29, 1.82) is 0 Å². The molecule has 0 aliphatic carbocycles. The van der Waals surface area contributed by atoms with Gasteiger partial charge in [0.25, 0.3) is 0 Å². The van der Waals surface area contributed by atoms with Gasteiger partial charge in [-0.1, -0.05) is 37.3 Å². The number of hydrogen-bond acceptors (Lipinski definition) is 3. The first-order chi connectivity index (χ1) is 9.17. The summed E-state index contributed by atoms with van der Waals surface area (Å²) in [5.74, 6) is -1.22. The van der Waals surface area contributed by atoms with Crippen LogP contribution in [0.3, 0.4) is 0 Å². The first-order valence-corrected chi connectivity index (χ1v) is 6.50. The Morgan fingerprint density at radius 3 is 2.58 bits per heavy atom. The molecule has 2 amide bonds. The maximum atomic E-state index is 12.2. The van der Waals surface area contributed by atoms with Gasteiger partial charge in [0, 0.05) is 12.3 Å². The Balaban J connectivity index is 2.13. The molecule has 100 valence electrons. The lowest BCUT2D eigenvalue weighted by Gasteiger charge is -2.17. The van der Waals surface area contributed by atoms with E-state index in [9.17, 15) is 14.4 Å². The topological polar surface area (TPSA) is 54.5 Å². The van der Waals surface area contributed by atoms with E-state index in [4.69, 9.17) is 0 Å². The van der Waals surface area contributed by atoms with E-state index < -0.39 is 5.92 Å². The zero-order valence-electron chi connectivity index (χ0n) is 10.9. The number of carbonyl (C=O) groups excluding carboxylic acids is 3. The second-order valence-corrected chi connectivity index (χ2v) is 4.82. The molecule has 1 heterocycles. The normalized spacial score (nSPS) is 20.7. The van der Waals surface area contributed by atoms with Gasteiger partial charge in [0.05, 0.1) is 12.5 Å². The number of likely N-dealkylation sites (tertiary alicyclic amines) is 1. The van der Waals surface area contributed by atoms with Crippen molar-refractivity contribution in [1.82, 2.24) is 4.90 Å². The van der Waals surface area contributed by atoms with E-state index in [1.165, 1.54) is 4.90 Å². The first kappa shape index (κ1) is 13.5. The van der Waals surface area contributed by atoms with Gasteiger partial charge in [0.1, 0.15) is 6.29 Å². The molecule has 2 rings (SSSR count). The lowest BCUT2D eigenvalue weighted by molar-refractivity contribution is -0.141. The lowest BCUT2D eigenvalue weighted by atomic mass is 9.90. The summed E-state index contributed by atoms with van der Waals surface area (Å²) in [5.41, 5.74) is 0.920. The largest absolute Gasteiger partial charge is 0.303 e. The Morgan fingerprint density at radius 2 is 2.00 bits per heavy atom. The smallest absolute Gasteiger partial charge is 0.233 e. The van der Waals surface area contributed by atoms with Crippen LogP contribution in [0, 0.1) is 11.8 Å². The fourth-order valence-corrected chi connectivity index (χ4v) is 2.45. The van der Waals surface area contributed by atoms with Crippen molar-refractivity contribution in [3.63, 3.8) is 0 Å². The Morgan fingerprint density at radius 1 is 1.32 bits per heavy atom. The molecule has 19 heavy (non-hydrogen) atoms. The van der Waals surface area contributed by atoms with Crippen molar-refractivity contribution in [2.45, 2.75) is 26.3 Å².